The number of nitrogens with zero attached hydrogens (tertiary/aromatic N) is 2. The molecule has 0 saturated heterocycles. The summed E-state index contributed by atoms with van der Waals surface area (Å²) in [5, 5.41) is 20.0. The van der Waals surface area contributed by atoms with Crippen molar-refractivity contribution in [2.45, 2.75) is 33.6 Å². The fraction of sp³-hybridized carbons (Fsp3) is 0.533. The molecule has 1 unspecified atom stereocenters. The summed E-state index contributed by atoms with van der Waals surface area (Å²) < 4.78 is 0. The molecular formula is C15H22N2O4. The third-order valence-electron chi connectivity index (χ3n) is 3.44. The number of rotatable bonds is 8. The van der Waals surface area contributed by atoms with Crippen LogP contribution >= 0.6 is 0 Å². The van der Waals surface area contributed by atoms with Gasteiger partial charge in [-0.2, -0.15) is 0 Å². The molecule has 1 rings (SSSR count). The van der Waals surface area contributed by atoms with E-state index in [1.54, 1.807) is 13.0 Å². The molecule has 0 amide bonds. The van der Waals surface area contributed by atoms with E-state index < -0.39 is 16.8 Å². The Bertz CT molecular complexity index is 516. The van der Waals surface area contributed by atoms with Gasteiger partial charge in [-0.1, -0.05) is 26.3 Å². The van der Waals surface area contributed by atoms with Gasteiger partial charge in [0.15, 0.2) is 0 Å². The van der Waals surface area contributed by atoms with Gasteiger partial charge in [-0.15, -0.1) is 0 Å². The first-order chi connectivity index (χ1) is 9.86. The first-order valence-corrected chi connectivity index (χ1v) is 7.09. The van der Waals surface area contributed by atoms with Crippen LogP contribution in [0.4, 0.5) is 11.4 Å². The molecular weight excluding hydrogens is 272 g/mol. The van der Waals surface area contributed by atoms with Crippen LogP contribution in [0.2, 0.25) is 0 Å². The SMILES string of the molecule is CCCCN(CC(C)C(=O)O)c1cc([N+](=O)[O-])ccc1C. The van der Waals surface area contributed by atoms with Gasteiger partial charge in [0.2, 0.25) is 0 Å². The number of anilines is 1. The zero-order chi connectivity index (χ0) is 16.0. The number of hydrogen-bond donors (Lipinski definition) is 1. The fourth-order valence-electron chi connectivity index (χ4n) is 2.12. The summed E-state index contributed by atoms with van der Waals surface area (Å²) in [4.78, 5) is 23.5. The zero-order valence-electron chi connectivity index (χ0n) is 12.7. The third-order valence-corrected chi connectivity index (χ3v) is 3.44. The molecule has 0 bridgehead atoms. The minimum Gasteiger partial charge on any atom is -0.481 e. The lowest BCUT2D eigenvalue weighted by Gasteiger charge is -2.28. The third kappa shape index (κ3) is 4.73. The maximum Gasteiger partial charge on any atom is 0.308 e. The molecule has 0 aliphatic heterocycles. The number of non-ortho nitro benzene ring substituents is 1. The average Bonchev–Trinajstić information content (AvgIpc) is 2.43. The molecule has 116 valence electrons. The molecule has 0 heterocycles. The van der Waals surface area contributed by atoms with Crippen molar-refractivity contribution in [3.63, 3.8) is 0 Å². The van der Waals surface area contributed by atoms with Crippen molar-refractivity contribution >= 4 is 17.3 Å². The van der Waals surface area contributed by atoms with E-state index in [9.17, 15) is 14.9 Å². The lowest BCUT2D eigenvalue weighted by Crippen LogP contribution is -2.33. The second kappa shape index (κ2) is 7.61. The monoisotopic (exact) mass is 294 g/mol. The zero-order valence-corrected chi connectivity index (χ0v) is 12.7. The van der Waals surface area contributed by atoms with E-state index in [0.717, 1.165) is 24.1 Å². The van der Waals surface area contributed by atoms with Crippen LogP contribution < -0.4 is 4.90 Å². The summed E-state index contributed by atoms with van der Waals surface area (Å²) >= 11 is 0. The maximum atomic E-state index is 11.1. The second-order valence-electron chi connectivity index (χ2n) is 5.27. The fourth-order valence-corrected chi connectivity index (χ4v) is 2.12. The number of aryl methyl sites for hydroxylation is 1. The van der Waals surface area contributed by atoms with Crippen LogP contribution in [0.3, 0.4) is 0 Å². The average molecular weight is 294 g/mol. The molecule has 0 aliphatic carbocycles. The molecule has 21 heavy (non-hydrogen) atoms. The largest absolute Gasteiger partial charge is 0.481 e. The van der Waals surface area contributed by atoms with Gasteiger partial charge in [0, 0.05) is 30.9 Å². The Morgan fingerprint density at radius 3 is 2.67 bits per heavy atom. The van der Waals surface area contributed by atoms with Crippen LogP contribution in [-0.2, 0) is 4.79 Å². The van der Waals surface area contributed by atoms with Gasteiger partial charge in [0.05, 0.1) is 10.8 Å². The molecule has 6 nitrogen and oxygen atoms in total. The van der Waals surface area contributed by atoms with Gasteiger partial charge in [-0.05, 0) is 18.9 Å². The van der Waals surface area contributed by atoms with Crippen LogP contribution in [0.5, 0.6) is 0 Å². The number of benzene rings is 1. The second-order valence-corrected chi connectivity index (χ2v) is 5.27. The lowest BCUT2D eigenvalue weighted by molar-refractivity contribution is -0.384. The van der Waals surface area contributed by atoms with Gasteiger partial charge in [-0.25, -0.2) is 0 Å². The summed E-state index contributed by atoms with van der Waals surface area (Å²) in [6, 6.07) is 4.70. The normalized spacial score (nSPS) is 12.0. The highest BCUT2D eigenvalue weighted by Gasteiger charge is 2.19. The number of carboxylic acid groups (broad SMARTS) is 1. The molecule has 0 aromatic heterocycles. The standard InChI is InChI=1S/C15H22N2O4/c1-4-5-8-16(10-12(3)15(18)19)14-9-13(17(20)21)7-6-11(14)2/h6-7,9,12H,4-5,8,10H2,1-3H3,(H,18,19). The number of nitro benzene ring substituents is 1. The van der Waals surface area contributed by atoms with E-state index in [2.05, 4.69) is 6.92 Å². The quantitative estimate of drug-likeness (QED) is 0.588. The molecule has 0 spiro atoms. The highest BCUT2D eigenvalue weighted by molar-refractivity contribution is 5.71. The molecule has 6 heteroatoms. The number of carboxylic acids is 1. The molecule has 1 N–H and O–H groups in total. The topological polar surface area (TPSA) is 83.7 Å². The summed E-state index contributed by atoms with van der Waals surface area (Å²) in [6.45, 7) is 6.62. The van der Waals surface area contributed by atoms with Gasteiger partial charge >= 0.3 is 5.97 Å². The van der Waals surface area contributed by atoms with Gasteiger partial charge in [0.1, 0.15) is 0 Å². The van der Waals surface area contributed by atoms with E-state index >= 15 is 0 Å². The number of aliphatic carboxylic acids is 1. The van der Waals surface area contributed by atoms with E-state index in [0.29, 0.717) is 13.1 Å². The van der Waals surface area contributed by atoms with Crippen LogP contribution in [-0.4, -0.2) is 29.1 Å². The Balaban J connectivity index is 3.09. The maximum absolute atomic E-state index is 11.1. The van der Waals surface area contributed by atoms with Crippen LogP contribution in [0.15, 0.2) is 18.2 Å². The Morgan fingerprint density at radius 1 is 1.48 bits per heavy atom. The lowest BCUT2D eigenvalue weighted by atomic mass is 10.1. The van der Waals surface area contributed by atoms with Gasteiger partial charge < -0.3 is 10.0 Å². The van der Waals surface area contributed by atoms with Crippen molar-refractivity contribution in [3.05, 3.63) is 33.9 Å². The Kier molecular flexibility index (Phi) is 6.14. The number of carbonyl (C=O) groups is 1. The molecule has 0 aliphatic rings. The van der Waals surface area contributed by atoms with Gasteiger partial charge in [-0.3, -0.25) is 14.9 Å². The van der Waals surface area contributed by atoms with Crippen LogP contribution in [0.1, 0.15) is 32.3 Å². The molecule has 0 saturated carbocycles. The predicted molar refractivity (Wildman–Crippen MR) is 81.8 cm³/mol. The summed E-state index contributed by atoms with van der Waals surface area (Å²) in [5.41, 5.74) is 1.68. The van der Waals surface area contributed by atoms with Crippen LogP contribution in [0.25, 0.3) is 0 Å². The smallest absolute Gasteiger partial charge is 0.308 e. The number of hydrogen-bond acceptors (Lipinski definition) is 4. The van der Waals surface area contributed by atoms with Crippen LogP contribution in [0, 0.1) is 23.0 Å². The molecule has 1 aromatic carbocycles. The van der Waals surface area contributed by atoms with Crippen molar-refractivity contribution in [1.82, 2.24) is 0 Å². The first-order valence-electron chi connectivity index (χ1n) is 7.09. The van der Waals surface area contributed by atoms with E-state index in [1.807, 2.05) is 11.8 Å². The Hall–Kier alpha value is -2.11. The first kappa shape index (κ1) is 16.9. The van der Waals surface area contributed by atoms with Crippen molar-refractivity contribution in [3.8, 4) is 0 Å². The van der Waals surface area contributed by atoms with Crippen molar-refractivity contribution < 1.29 is 14.8 Å². The Labute approximate surface area is 124 Å². The van der Waals surface area contributed by atoms with E-state index in [-0.39, 0.29) is 5.69 Å². The molecule has 1 atom stereocenters. The molecule has 0 fully saturated rings. The van der Waals surface area contributed by atoms with E-state index in [1.165, 1.54) is 12.1 Å². The Morgan fingerprint density at radius 2 is 2.14 bits per heavy atom. The highest BCUT2D eigenvalue weighted by Crippen LogP contribution is 2.26. The summed E-state index contributed by atoms with van der Waals surface area (Å²) in [7, 11) is 0. The molecule has 1 aromatic rings. The van der Waals surface area contributed by atoms with Crippen molar-refractivity contribution in [1.29, 1.82) is 0 Å². The summed E-state index contributed by atoms with van der Waals surface area (Å²) in [5.74, 6) is -1.39. The van der Waals surface area contributed by atoms with E-state index in [4.69, 9.17) is 5.11 Å². The molecule has 0 radical (unpaired) electrons. The number of unbranched alkanes of at least 4 members (excludes halogenated alkanes) is 1. The van der Waals surface area contributed by atoms with Crippen molar-refractivity contribution in [2.24, 2.45) is 5.92 Å². The minimum absolute atomic E-state index is 0.0278. The minimum atomic E-state index is -0.861. The predicted octanol–water partition coefficient (Wildman–Crippen LogP) is 3.23. The highest BCUT2D eigenvalue weighted by atomic mass is 16.6. The van der Waals surface area contributed by atoms with Crippen molar-refractivity contribution in [2.75, 3.05) is 18.0 Å². The number of nitro groups is 1. The summed E-state index contributed by atoms with van der Waals surface area (Å²) in [6.07, 6.45) is 1.89. The van der Waals surface area contributed by atoms with Gasteiger partial charge in [0.25, 0.3) is 5.69 Å².